The van der Waals surface area contributed by atoms with Crippen LogP contribution in [0.3, 0.4) is 0 Å². The molecule has 23 heavy (non-hydrogen) atoms. The van der Waals surface area contributed by atoms with Crippen LogP contribution in [0.4, 0.5) is 4.39 Å². The molecule has 0 aliphatic heterocycles. The molecular formula is C17H16FIN2S2. The van der Waals surface area contributed by atoms with Gasteiger partial charge in [0.25, 0.3) is 0 Å². The van der Waals surface area contributed by atoms with E-state index in [-0.39, 0.29) is 5.82 Å². The molecule has 2 nitrogen and oxygen atoms in total. The zero-order chi connectivity index (χ0) is 16.6. The van der Waals surface area contributed by atoms with Crippen molar-refractivity contribution < 1.29 is 4.39 Å². The summed E-state index contributed by atoms with van der Waals surface area (Å²) in [6, 6.07) is 9.33. The molecule has 0 aliphatic rings. The van der Waals surface area contributed by atoms with Gasteiger partial charge in [-0.05, 0) is 42.8 Å². The Kier molecular flexibility index (Phi) is 5.22. The lowest BCUT2D eigenvalue weighted by atomic mass is 10.0. The summed E-state index contributed by atoms with van der Waals surface area (Å²) in [5.74, 6) is -0.195. The Balaban J connectivity index is 2.22. The third-order valence-corrected chi connectivity index (χ3v) is 6.14. The van der Waals surface area contributed by atoms with E-state index in [4.69, 9.17) is 0 Å². The molecular weight excluding hydrogens is 442 g/mol. The van der Waals surface area contributed by atoms with Gasteiger partial charge in [0.1, 0.15) is 5.82 Å². The van der Waals surface area contributed by atoms with Crippen molar-refractivity contribution in [2.24, 2.45) is 0 Å². The molecule has 2 heterocycles. The molecule has 6 heteroatoms. The number of pyridine rings is 1. The minimum absolute atomic E-state index is 0.195. The van der Waals surface area contributed by atoms with E-state index >= 15 is 0 Å². The predicted molar refractivity (Wildman–Crippen MR) is 108 cm³/mol. The van der Waals surface area contributed by atoms with Crippen molar-refractivity contribution in [1.29, 1.82) is 0 Å². The van der Waals surface area contributed by atoms with E-state index in [1.54, 1.807) is 26.9 Å². The highest BCUT2D eigenvalue weighted by Gasteiger charge is 2.14. The minimum atomic E-state index is -0.195. The minimum Gasteiger partial charge on any atom is -0.266 e. The Bertz CT molecular complexity index is 861. The summed E-state index contributed by atoms with van der Waals surface area (Å²) in [7, 11) is 1.56. The summed E-state index contributed by atoms with van der Waals surface area (Å²) in [5, 5.41) is 1.44. The topological polar surface area (TPSA) is 17.8 Å². The number of nitrogens with zero attached hydrogens (tertiary/aromatic N) is 2. The summed E-state index contributed by atoms with van der Waals surface area (Å²) in [4.78, 5) is 5.69. The van der Waals surface area contributed by atoms with Gasteiger partial charge in [-0.25, -0.2) is 9.37 Å². The van der Waals surface area contributed by atoms with Crippen LogP contribution in [0, 0.1) is 12.7 Å². The second-order valence-electron chi connectivity index (χ2n) is 5.57. The van der Waals surface area contributed by atoms with E-state index in [9.17, 15) is 4.39 Å². The van der Waals surface area contributed by atoms with Crippen LogP contribution < -0.4 is 0 Å². The molecule has 0 saturated heterocycles. The number of fused-ring (bicyclic) bond motifs is 1. The molecule has 0 unspecified atom stereocenters. The molecule has 0 N–H and O–H groups in total. The van der Waals surface area contributed by atoms with Gasteiger partial charge in [0.15, 0.2) is 5.65 Å². The number of benzene rings is 1. The van der Waals surface area contributed by atoms with Crippen molar-refractivity contribution in [2.75, 3.05) is 0 Å². The average molecular weight is 458 g/mol. The van der Waals surface area contributed by atoms with Gasteiger partial charge in [0, 0.05) is 63.3 Å². The Morgan fingerprint density at radius 3 is 2.65 bits per heavy atom. The largest absolute Gasteiger partial charge is 0.266 e. The molecule has 0 aliphatic carbocycles. The van der Waals surface area contributed by atoms with Crippen molar-refractivity contribution in [3.8, 4) is 11.1 Å². The van der Waals surface area contributed by atoms with Crippen LogP contribution in [0.1, 0.15) is 19.5 Å². The highest BCUT2D eigenvalue weighted by atomic mass is 127. The summed E-state index contributed by atoms with van der Waals surface area (Å²) in [6.07, 6.45) is 1.97. The Hall–Kier alpha value is -0.730. The van der Waals surface area contributed by atoms with Crippen molar-refractivity contribution in [1.82, 2.24) is 8.96 Å². The maximum absolute atomic E-state index is 14.5. The Morgan fingerprint density at radius 1 is 1.17 bits per heavy atom. The molecule has 2 aromatic heterocycles. The van der Waals surface area contributed by atoms with Crippen LogP contribution in [0.25, 0.3) is 22.2 Å². The zero-order valence-corrected chi connectivity index (χ0v) is 16.8. The fourth-order valence-electron chi connectivity index (χ4n) is 2.55. The smallest absolute Gasteiger partial charge is 0.151 e. The molecule has 0 amide bonds. The van der Waals surface area contributed by atoms with Gasteiger partial charge >= 0.3 is 0 Å². The Morgan fingerprint density at radius 2 is 1.96 bits per heavy atom. The molecule has 0 spiro atoms. The molecule has 0 atom stereocenters. The predicted octanol–water partition coefficient (Wildman–Crippen LogP) is 6.50. The van der Waals surface area contributed by atoms with E-state index in [0.717, 1.165) is 27.2 Å². The first-order valence-electron chi connectivity index (χ1n) is 7.24. The molecule has 0 fully saturated rings. The second-order valence-corrected chi connectivity index (χ2v) is 8.93. The quantitative estimate of drug-likeness (QED) is 0.329. The normalized spacial score (nSPS) is 11.6. The third kappa shape index (κ3) is 3.53. The molecule has 1 aromatic carbocycles. The standard InChI is InChI=1S/C17H16FIN2S2/c1-10(2)22-12-4-5-16(18)15(9-12)14-8-11(3)20-17-13(14)6-7-21(17)23-19/h4-10H,1-3H3. The van der Waals surface area contributed by atoms with Crippen molar-refractivity contribution >= 4 is 53.1 Å². The lowest BCUT2D eigenvalue weighted by Gasteiger charge is -2.11. The Labute approximate surface area is 156 Å². The van der Waals surface area contributed by atoms with Crippen LogP contribution in [0.2, 0.25) is 0 Å². The lowest BCUT2D eigenvalue weighted by molar-refractivity contribution is 0.630. The SMILES string of the molecule is Cc1cc(-c2cc(SC(C)C)ccc2F)c2ccn(SI)c2n1. The van der Waals surface area contributed by atoms with Gasteiger partial charge in [0.2, 0.25) is 0 Å². The highest BCUT2D eigenvalue weighted by molar-refractivity contribution is 14.2. The van der Waals surface area contributed by atoms with Gasteiger partial charge in [-0.3, -0.25) is 3.97 Å². The summed E-state index contributed by atoms with van der Waals surface area (Å²) < 4.78 is 16.5. The van der Waals surface area contributed by atoms with E-state index in [2.05, 4.69) is 40.0 Å². The number of aryl methyl sites for hydroxylation is 1. The van der Waals surface area contributed by atoms with E-state index in [1.165, 1.54) is 0 Å². The van der Waals surface area contributed by atoms with Crippen LogP contribution >= 0.6 is 42.1 Å². The van der Waals surface area contributed by atoms with Crippen molar-refractivity contribution in [3.63, 3.8) is 0 Å². The molecule has 0 bridgehead atoms. The van der Waals surface area contributed by atoms with Gasteiger partial charge < -0.3 is 0 Å². The van der Waals surface area contributed by atoms with Gasteiger partial charge in [-0.2, -0.15) is 0 Å². The number of thioether (sulfide) groups is 1. The lowest BCUT2D eigenvalue weighted by Crippen LogP contribution is -1.93. The van der Waals surface area contributed by atoms with E-state index in [1.807, 2.05) is 41.4 Å². The maximum Gasteiger partial charge on any atom is 0.151 e. The van der Waals surface area contributed by atoms with Crippen LogP contribution in [0.15, 0.2) is 41.4 Å². The number of aromatic nitrogens is 2. The summed E-state index contributed by atoms with van der Waals surface area (Å²) in [6.45, 7) is 6.23. The maximum atomic E-state index is 14.5. The van der Waals surface area contributed by atoms with Crippen LogP contribution in [0.5, 0.6) is 0 Å². The fraction of sp³-hybridized carbons (Fsp3) is 0.235. The number of rotatable bonds is 4. The molecule has 0 saturated carbocycles. The summed E-state index contributed by atoms with van der Waals surface area (Å²) >= 11 is 3.97. The van der Waals surface area contributed by atoms with Gasteiger partial charge in [0.05, 0.1) is 0 Å². The summed E-state index contributed by atoms with van der Waals surface area (Å²) in [5.41, 5.74) is 3.31. The zero-order valence-electron chi connectivity index (χ0n) is 13.0. The van der Waals surface area contributed by atoms with E-state index < -0.39 is 0 Å². The molecule has 120 valence electrons. The first-order valence-corrected chi connectivity index (χ1v) is 11.4. The van der Waals surface area contributed by atoms with Gasteiger partial charge in [-0.1, -0.05) is 13.8 Å². The van der Waals surface area contributed by atoms with E-state index in [0.29, 0.717) is 10.8 Å². The van der Waals surface area contributed by atoms with Crippen LogP contribution in [-0.2, 0) is 0 Å². The second kappa shape index (κ2) is 7.03. The first-order chi connectivity index (χ1) is 11.0. The molecule has 3 aromatic rings. The number of hydrogen-bond acceptors (Lipinski definition) is 3. The highest BCUT2D eigenvalue weighted by Crippen LogP contribution is 2.36. The van der Waals surface area contributed by atoms with Crippen LogP contribution in [-0.4, -0.2) is 14.2 Å². The number of halogens is 2. The third-order valence-electron chi connectivity index (χ3n) is 3.43. The van der Waals surface area contributed by atoms with Gasteiger partial charge in [-0.15, -0.1) is 11.8 Å². The van der Waals surface area contributed by atoms with Crippen molar-refractivity contribution in [3.05, 3.63) is 48.0 Å². The fourth-order valence-corrected chi connectivity index (χ4v) is 4.69. The van der Waals surface area contributed by atoms with Crippen molar-refractivity contribution in [2.45, 2.75) is 30.9 Å². The first kappa shape index (κ1) is 17.1. The molecule has 3 rings (SSSR count). The molecule has 0 radical (unpaired) electrons. The monoisotopic (exact) mass is 458 g/mol. The average Bonchev–Trinajstić information content (AvgIpc) is 2.90. The number of hydrogen-bond donors (Lipinski definition) is 0.